The Morgan fingerprint density at radius 2 is 2.06 bits per heavy atom. The Labute approximate surface area is 105 Å². The second kappa shape index (κ2) is 4.87. The smallest absolute Gasteiger partial charge is 0.251 e. The maximum absolute atomic E-state index is 11.9. The second-order valence-corrected chi connectivity index (χ2v) is 5.38. The molecule has 0 bridgehead atoms. The van der Waals surface area contributed by atoms with Crippen LogP contribution in [-0.2, 0) is 0 Å². The lowest BCUT2D eigenvalue weighted by molar-refractivity contribution is 0.0911. The second-order valence-electron chi connectivity index (χ2n) is 4.46. The highest BCUT2D eigenvalue weighted by atomic mass is 79.9. The van der Waals surface area contributed by atoms with Crippen molar-refractivity contribution in [2.24, 2.45) is 0 Å². The van der Waals surface area contributed by atoms with Gasteiger partial charge < -0.3 is 11.1 Å². The quantitative estimate of drug-likeness (QED) is 0.839. The third kappa shape index (κ3) is 3.52. The van der Waals surface area contributed by atoms with Crippen molar-refractivity contribution >= 4 is 27.5 Å². The molecule has 3 nitrogen and oxygen atoms in total. The van der Waals surface area contributed by atoms with Crippen LogP contribution in [0.3, 0.4) is 0 Å². The first-order valence-electron chi connectivity index (χ1n) is 5.22. The standard InChI is InChI=1S/C12H17BrN2O/c1-4-12(2,3)15-11(16)8-5-9(13)7-10(14)6-8/h5-7H,4,14H2,1-3H3,(H,15,16). The van der Waals surface area contributed by atoms with Crippen LogP contribution in [0, 0.1) is 0 Å². The molecule has 0 saturated heterocycles. The number of halogens is 1. The van der Waals surface area contributed by atoms with Crippen LogP contribution < -0.4 is 11.1 Å². The molecule has 1 rings (SSSR count). The Kier molecular flexibility index (Phi) is 3.97. The number of carbonyl (C=O) groups excluding carboxylic acids is 1. The molecule has 16 heavy (non-hydrogen) atoms. The highest BCUT2D eigenvalue weighted by Crippen LogP contribution is 2.18. The molecule has 0 heterocycles. The van der Waals surface area contributed by atoms with E-state index in [4.69, 9.17) is 5.73 Å². The monoisotopic (exact) mass is 284 g/mol. The van der Waals surface area contributed by atoms with Crippen LogP contribution in [0.15, 0.2) is 22.7 Å². The number of rotatable bonds is 3. The van der Waals surface area contributed by atoms with Gasteiger partial charge in [0.1, 0.15) is 0 Å². The molecular formula is C12H17BrN2O. The molecule has 0 saturated carbocycles. The van der Waals surface area contributed by atoms with Crippen molar-refractivity contribution in [3.05, 3.63) is 28.2 Å². The van der Waals surface area contributed by atoms with Gasteiger partial charge in [0.05, 0.1) is 0 Å². The summed E-state index contributed by atoms with van der Waals surface area (Å²) >= 11 is 3.32. The first-order chi connectivity index (χ1) is 7.34. The predicted octanol–water partition coefficient (Wildman–Crippen LogP) is 2.95. The number of nitrogen functional groups attached to an aromatic ring is 1. The lowest BCUT2D eigenvalue weighted by Gasteiger charge is -2.24. The lowest BCUT2D eigenvalue weighted by Crippen LogP contribution is -2.42. The van der Waals surface area contributed by atoms with Gasteiger partial charge in [0.25, 0.3) is 5.91 Å². The SMILES string of the molecule is CCC(C)(C)NC(=O)c1cc(N)cc(Br)c1. The van der Waals surface area contributed by atoms with Gasteiger partial charge in [0.2, 0.25) is 0 Å². The van der Waals surface area contributed by atoms with E-state index < -0.39 is 0 Å². The minimum Gasteiger partial charge on any atom is -0.399 e. The molecule has 0 spiro atoms. The predicted molar refractivity (Wildman–Crippen MR) is 70.4 cm³/mol. The highest BCUT2D eigenvalue weighted by Gasteiger charge is 2.19. The van der Waals surface area contributed by atoms with Crippen molar-refractivity contribution in [2.45, 2.75) is 32.7 Å². The number of anilines is 1. The summed E-state index contributed by atoms with van der Waals surface area (Å²) in [6.07, 6.45) is 0.877. The van der Waals surface area contributed by atoms with E-state index in [0.29, 0.717) is 11.3 Å². The van der Waals surface area contributed by atoms with Crippen LogP contribution in [0.2, 0.25) is 0 Å². The van der Waals surface area contributed by atoms with E-state index in [0.717, 1.165) is 10.9 Å². The number of benzene rings is 1. The zero-order valence-corrected chi connectivity index (χ0v) is 11.4. The largest absolute Gasteiger partial charge is 0.399 e. The molecule has 1 aromatic rings. The summed E-state index contributed by atoms with van der Waals surface area (Å²) in [5, 5.41) is 2.96. The first kappa shape index (κ1) is 13.0. The summed E-state index contributed by atoms with van der Waals surface area (Å²) in [7, 11) is 0. The molecule has 0 aliphatic heterocycles. The van der Waals surface area contributed by atoms with Gasteiger partial charge in [-0.05, 0) is 38.5 Å². The minimum absolute atomic E-state index is 0.0974. The number of hydrogen-bond acceptors (Lipinski definition) is 2. The molecule has 1 amide bonds. The van der Waals surface area contributed by atoms with E-state index >= 15 is 0 Å². The summed E-state index contributed by atoms with van der Waals surface area (Å²) in [6, 6.07) is 5.20. The highest BCUT2D eigenvalue weighted by molar-refractivity contribution is 9.10. The van der Waals surface area contributed by atoms with Gasteiger partial charge in [-0.3, -0.25) is 4.79 Å². The minimum atomic E-state index is -0.200. The van der Waals surface area contributed by atoms with Crippen LogP contribution in [0.4, 0.5) is 5.69 Å². The summed E-state index contributed by atoms with van der Waals surface area (Å²) in [5.74, 6) is -0.0974. The molecule has 0 atom stereocenters. The van der Waals surface area contributed by atoms with E-state index in [9.17, 15) is 4.79 Å². The number of hydrogen-bond donors (Lipinski definition) is 2. The molecule has 88 valence electrons. The number of carbonyl (C=O) groups is 1. The Bertz CT molecular complexity index is 382. The number of amides is 1. The third-order valence-electron chi connectivity index (χ3n) is 2.52. The fourth-order valence-electron chi connectivity index (χ4n) is 1.21. The van der Waals surface area contributed by atoms with Crippen LogP contribution in [0.1, 0.15) is 37.6 Å². The van der Waals surface area contributed by atoms with Crippen molar-refractivity contribution in [2.75, 3.05) is 5.73 Å². The molecule has 0 aromatic heterocycles. The van der Waals surface area contributed by atoms with Gasteiger partial charge in [-0.25, -0.2) is 0 Å². The van der Waals surface area contributed by atoms with Gasteiger partial charge in [-0.15, -0.1) is 0 Å². The van der Waals surface area contributed by atoms with Crippen LogP contribution in [-0.4, -0.2) is 11.4 Å². The third-order valence-corrected chi connectivity index (χ3v) is 2.98. The fourth-order valence-corrected chi connectivity index (χ4v) is 1.72. The average Bonchev–Trinajstić information content (AvgIpc) is 2.15. The fraction of sp³-hybridized carbons (Fsp3) is 0.417. The summed E-state index contributed by atoms with van der Waals surface area (Å²) in [6.45, 7) is 6.02. The molecule has 3 N–H and O–H groups in total. The molecule has 0 unspecified atom stereocenters. The van der Waals surface area contributed by atoms with Gasteiger partial charge in [-0.1, -0.05) is 22.9 Å². The van der Waals surface area contributed by atoms with Crippen molar-refractivity contribution in [3.8, 4) is 0 Å². The van der Waals surface area contributed by atoms with E-state index in [1.807, 2.05) is 20.8 Å². The van der Waals surface area contributed by atoms with Crippen molar-refractivity contribution in [1.82, 2.24) is 5.32 Å². The van der Waals surface area contributed by atoms with Gasteiger partial charge in [0, 0.05) is 21.3 Å². The summed E-state index contributed by atoms with van der Waals surface area (Å²) in [5.41, 5.74) is 6.64. The average molecular weight is 285 g/mol. The van der Waals surface area contributed by atoms with E-state index in [2.05, 4.69) is 21.2 Å². The Morgan fingerprint density at radius 3 is 2.56 bits per heavy atom. The van der Waals surface area contributed by atoms with Crippen LogP contribution in [0.25, 0.3) is 0 Å². The lowest BCUT2D eigenvalue weighted by atomic mass is 10.0. The summed E-state index contributed by atoms with van der Waals surface area (Å²) < 4.78 is 0.812. The van der Waals surface area contributed by atoms with Crippen LogP contribution in [0.5, 0.6) is 0 Å². The topological polar surface area (TPSA) is 55.1 Å². The van der Waals surface area contributed by atoms with E-state index in [1.54, 1.807) is 18.2 Å². The van der Waals surface area contributed by atoms with Crippen molar-refractivity contribution in [1.29, 1.82) is 0 Å². The summed E-state index contributed by atoms with van der Waals surface area (Å²) in [4.78, 5) is 11.9. The normalized spacial score (nSPS) is 11.2. The molecule has 0 fully saturated rings. The van der Waals surface area contributed by atoms with Gasteiger partial charge in [-0.2, -0.15) is 0 Å². The van der Waals surface area contributed by atoms with Crippen molar-refractivity contribution < 1.29 is 4.79 Å². The molecule has 1 aromatic carbocycles. The Hall–Kier alpha value is -1.03. The molecule has 0 aliphatic carbocycles. The molecule has 0 radical (unpaired) electrons. The Balaban J connectivity index is 2.89. The van der Waals surface area contributed by atoms with Crippen molar-refractivity contribution in [3.63, 3.8) is 0 Å². The van der Waals surface area contributed by atoms with Gasteiger partial charge in [0.15, 0.2) is 0 Å². The molecule has 4 heteroatoms. The first-order valence-corrected chi connectivity index (χ1v) is 6.02. The maximum atomic E-state index is 11.9. The number of nitrogens with two attached hydrogens (primary N) is 1. The van der Waals surface area contributed by atoms with E-state index in [-0.39, 0.29) is 11.4 Å². The maximum Gasteiger partial charge on any atom is 0.251 e. The Morgan fingerprint density at radius 1 is 1.44 bits per heavy atom. The van der Waals surface area contributed by atoms with Gasteiger partial charge >= 0.3 is 0 Å². The number of nitrogens with one attached hydrogen (secondary N) is 1. The molecule has 0 aliphatic rings. The zero-order valence-electron chi connectivity index (χ0n) is 9.80. The molecular weight excluding hydrogens is 268 g/mol. The van der Waals surface area contributed by atoms with Crippen LogP contribution >= 0.6 is 15.9 Å². The van der Waals surface area contributed by atoms with E-state index in [1.165, 1.54) is 0 Å². The zero-order chi connectivity index (χ0) is 12.3.